The molecule has 2 rings (SSSR count). The van der Waals surface area contributed by atoms with Crippen molar-refractivity contribution in [2.75, 3.05) is 20.1 Å². The Kier molecular flexibility index (Phi) is 5.45. The summed E-state index contributed by atoms with van der Waals surface area (Å²) in [5.41, 5.74) is 1.42. The summed E-state index contributed by atoms with van der Waals surface area (Å²) in [5.74, 6) is 0.0488. The van der Waals surface area contributed by atoms with Crippen LogP contribution in [0.25, 0.3) is 0 Å². The Morgan fingerprint density at radius 1 is 1.33 bits per heavy atom. The van der Waals surface area contributed by atoms with Gasteiger partial charge in [-0.05, 0) is 37.6 Å². The van der Waals surface area contributed by atoms with E-state index in [9.17, 15) is 4.79 Å². The van der Waals surface area contributed by atoms with Crippen LogP contribution in [0.3, 0.4) is 0 Å². The first-order chi connectivity index (χ1) is 8.16. The number of amides is 1. The maximum absolute atomic E-state index is 11.4. The van der Waals surface area contributed by atoms with E-state index in [0.29, 0.717) is 6.54 Å². The third-order valence-electron chi connectivity index (χ3n) is 3.27. The topological polar surface area (TPSA) is 41.1 Å². The first-order valence-corrected chi connectivity index (χ1v) is 6.21. The van der Waals surface area contributed by atoms with Gasteiger partial charge in [0.2, 0.25) is 5.91 Å². The average molecular weight is 289 g/mol. The molecule has 0 radical (unpaired) electrons. The van der Waals surface area contributed by atoms with Gasteiger partial charge in [0.1, 0.15) is 0 Å². The first kappa shape index (κ1) is 15.3. The predicted octanol–water partition coefficient (Wildman–Crippen LogP) is 2.13. The van der Waals surface area contributed by atoms with Gasteiger partial charge in [-0.3, -0.25) is 4.79 Å². The summed E-state index contributed by atoms with van der Waals surface area (Å²) in [6.45, 7) is 1.09. The van der Waals surface area contributed by atoms with Crippen molar-refractivity contribution in [3.05, 3.63) is 34.9 Å². The molecule has 0 heterocycles. The highest BCUT2D eigenvalue weighted by Crippen LogP contribution is 2.47. The summed E-state index contributed by atoms with van der Waals surface area (Å²) in [6, 6.07) is 7.93. The molecule has 1 amide bonds. The van der Waals surface area contributed by atoms with Gasteiger partial charge >= 0.3 is 0 Å². The second-order valence-corrected chi connectivity index (χ2v) is 5.03. The van der Waals surface area contributed by atoms with E-state index in [2.05, 4.69) is 22.8 Å². The normalized spacial score (nSPS) is 15.7. The molecule has 3 nitrogen and oxygen atoms in total. The van der Waals surface area contributed by atoms with Crippen molar-refractivity contribution in [3.63, 3.8) is 0 Å². The highest BCUT2D eigenvalue weighted by atomic mass is 35.5. The third kappa shape index (κ3) is 3.61. The van der Waals surface area contributed by atoms with Gasteiger partial charge in [-0.2, -0.15) is 0 Å². The van der Waals surface area contributed by atoms with Crippen LogP contribution in [0.1, 0.15) is 18.4 Å². The molecule has 100 valence electrons. The predicted molar refractivity (Wildman–Crippen MR) is 76.5 cm³/mol. The quantitative estimate of drug-likeness (QED) is 0.872. The molecule has 0 saturated heterocycles. The van der Waals surface area contributed by atoms with Crippen molar-refractivity contribution in [3.8, 4) is 0 Å². The fraction of sp³-hybridized carbons (Fsp3) is 0.462. The molecular weight excluding hydrogens is 271 g/mol. The molecule has 18 heavy (non-hydrogen) atoms. The van der Waals surface area contributed by atoms with Gasteiger partial charge in [0.05, 0.1) is 6.54 Å². The zero-order chi connectivity index (χ0) is 12.3. The standard InChI is InChI=1S/C13H17ClN2O.ClH/c1-15-8-12(17)16-9-13(6-7-13)10-2-4-11(14)5-3-10;/h2-5,15H,6-9H2,1H3,(H,16,17);1H. The fourth-order valence-corrected chi connectivity index (χ4v) is 2.14. The first-order valence-electron chi connectivity index (χ1n) is 5.84. The summed E-state index contributed by atoms with van der Waals surface area (Å²) in [5, 5.41) is 6.56. The molecule has 1 fully saturated rings. The highest BCUT2D eigenvalue weighted by Gasteiger charge is 2.44. The second kappa shape index (κ2) is 6.41. The number of rotatable bonds is 5. The molecule has 1 saturated carbocycles. The van der Waals surface area contributed by atoms with Crippen LogP contribution in [-0.2, 0) is 10.2 Å². The largest absolute Gasteiger partial charge is 0.354 e. The van der Waals surface area contributed by atoms with E-state index < -0.39 is 0 Å². The van der Waals surface area contributed by atoms with E-state index in [0.717, 1.165) is 24.4 Å². The minimum atomic E-state index is 0. The van der Waals surface area contributed by atoms with Crippen LogP contribution >= 0.6 is 24.0 Å². The summed E-state index contributed by atoms with van der Waals surface area (Å²) in [6.07, 6.45) is 2.27. The van der Waals surface area contributed by atoms with Gasteiger partial charge in [-0.25, -0.2) is 0 Å². The van der Waals surface area contributed by atoms with Crippen molar-refractivity contribution >= 4 is 29.9 Å². The monoisotopic (exact) mass is 288 g/mol. The van der Waals surface area contributed by atoms with Crippen molar-refractivity contribution in [1.82, 2.24) is 10.6 Å². The Morgan fingerprint density at radius 3 is 2.44 bits per heavy atom. The second-order valence-electron chi connectivity index (χ2n) is 4.59. The molecule has 0 spiro atoms. The Morgan fingerprint density at radius 2 is 1.94 bits per heavy atom. The van der Waals surface area contributed by atoms with Crippen LogP contribution in [0.5, 0.6) is 0 Å². The Balaban J connectivity index is 0.00000162. The zero-order valence-electron chi connectivity index (χ0n) is 10.3. The number of halogens is 2. The fourth-order valence-electron chi connectivity index (χ4n) is 2.01. The van der Waals surface area contributed by atoms with E-state index in [4.69, 9.17) is 11.6 Å². The minimum Gasteiger partial charge on any atom is -0.354 e. The number of carbonyl (C=O) groups excluding carboxylic acids is 1. The van der Waals surface area contributed by atoms with Gasteiger partial charge in [0, 0.05) is 17.0 Å². The zero-order valence-corrected chi connectivity index (χ0v) is 11.9. The summed E-state index contributed by atoms with van der Waals surface area (Å²) in [4.78, 5) is 11.4. The van der Waals surface area contributed by atoms with Crippen LogP contribution in [-0.4, -0.2) is 26.0 Å². The minimum absolute atomic E-state index is 0. The number of hydrogen-bond donors (Lipinski definition) is 2. The van der Waals surface area contributed by atoms with Crippen LogP contribution in [0.4, 0.5) is 0 Å². The summed E-state index contributed by atoms with van der Waals surface area (Å²) in [7, 11) is 1.77. The maximum Gasteiger partial charge on any atom is 0.233 e. The van der Waals surface area contributed by atoms with E-state index >= 15 is 0 Å². The van der Waals surface area contributed by atoms with Gasteiger partial charge in [0.25, 0.3) is 0 Å². The number of hydrogen-bond acceptors (Lipinski definition) is 2. The SMILES string of the molecule is CNCC(=O)NCC1(c2ccc(Cl)cc2)CC1.Cl. The van der Waals surface area contributed by atoms with Gasteiger partial charge in [-0.15, -0.1) is 12.4 Å². The lowest BCUT2D eigenvalue weighted by atomic mass is 9.96. The number of benzene rings is 1. The molecule has 2 N–H and O–H groups in total. The van der Waals surface area contributed by atoms with Crippen LogP contribution in [0.2, 0.25) is 5.02 Å². The van der Waals surface area contributed by atoms with Crippen LogP contribution in [0.15, 0.2) is 24.3 Å². The average Bonchev–Trinajstić information content (AvgIpc) is 3.09. The Hall–Kier alpha value is -0.770. The molecule has 1 aromatic rings. The molecule has 1 aliphatic rings. The molecule has 0 bridgehead atoms. The Bertz CT molecular complexity index is 402. The van der Waals surface area contributed by atoms with Gasteiger partial charge in [0.15, 0.2) is 0 Å². The molecule has 0 aromatic heterocycles. The van der Waals surface area contributed by atoms with E-state index in [1.807, 2.05) is 12.1 Å². The highest BCUT2D eigenvalue weighted by molar-refractivity contribution is 6.30. The van der Waals surface area contributed by atoms with Crippen LogP contribution < -0.4 is 10.6 Å². The lowest BCUT2D eigenvalue weighted by molar-refractivity contribution is -0.120. The molecule has 0 aliphatic heterocycles. The number of nitrogens with one attached hydrogen (secondary N) is 2. The van der Waals surface area contributed by atoms with Crippen molar-refractivity contribution in [1.29, 1.82) is 0 Å². The third-order valence-corrected chi connectivity index (χ3v) is 3.52. The van der Waals surface area contributed by atoms with Crippen molar-refractivity contribution in [2.45, 2.75) is 18.3 Å². The maximum atomic E-state index is 11.4. The van der Waals surface area contributed by atoms with Crippen molar-refractivity contribution < 1.29 is 4.79 Å². The molecule has 0 unspecified atom stereocenters. The summed E-state index contributed by atoms with van der Waals surface area (Å²) >= 11 is 5.87. The van der Waals surface area contributed by atoms with Gasteiger partial charge < -0.3 is 10.6 Å². The molecule has 0 atom stereocenters. The number of carbonyl (C=O) groups is 1. The van der Waals surface area contributed by atoms with Crippen LogP contribution in [0, 0.1) is 0 Å². The lowest BCUT2D eigenvalue weighted by Gasteiger charge is -2.16. The van der Waals surface area contributed by atoms with Gasteiger partial charge in [-0.1, -0.05) is 23.7 Å². The van der Waals surface area contributed by atoms with E-state index in [1.165, 1.54) is 5.56 Å². The Labute approximate surface area is 119 Å². The smallest absolute Gasteiger partial charge is 0.233 e. The molecule has 1 aromatic carbocycles. The van der Waals surface area contributed by atoms with E-state index in [1.54, 1.807) is 7.05 Å². The van der Waals surface area contributed by atoms with Crippen molar-refractivity contribution in [2.24, 2.45) is 0 Å². The molecule has 1 aliphatic carbocycles. The molecular formula is C13H18Cl2N2O. The van der Waals surface area contributed by atoms with E-state index in [-0.39, 0.29) is 23.7 Å². The summed E-state index contributed by atoms with van der Waals surface area (Å²) < 4.78 is 0. The lowest BCUT2D eigenvalue weighted by Crippen LogP contribution is -2.37. The molecule has 5 heteroatoms. The number of likely N-dealkylation sites (N-methyl/N-ethyl adjacent to an activating group) is 1.